The van der Waals surface area contributed by atoms with Crippen LogP contribution in [0.4, 0.5) is 0 Å². The molecule has 1 aromatic carbocycles. The molecule has 0 atom stereocenters. The molecule has 0 N–H and O–H groups in total. The van der Waals surface area contributed by atoms with Crippen molar-refractivity contribution < 1.29 is 9.53 Å². The van der Waals surface area contributed by atoms with Crippen LogP contribution in [0.25, 0.3) is 0 Å². The number of pyridine rings is 1. The molecule has 1 heterocycles. The second-order valence-corrected chi connectivity index (χ2v) is 4.83. The molecule has 0 spiro atoms. The van der Waals surface area contributed by atoms with Crippen molar-refractivity contribution in [2.45, 2.75) is 25.9 Å². The average molecular weight is 253 g/mol. The van der Waals surface area contributed by atoms with Crippen LogP contribution in [0, 0.1) is 6.92 Å². The maximum absolute atomic E-state index is 12.2. The van der Waals surface area contributed by atoms with Gasteiger partial charge < -0.3 is 4.74 Å². The van der Waals surface area contributed by atoms with Crippen LogP contribution in [0.15, 0.2) is 42.5 Å². The number of carbonyl (C=O) groups is 1. The molecule has 3 heteroatoms. The summed E-state index contributed by atoms with van der Waals surface area (Å²) in [5, 5.41) is 0. The van der Waals surface area contributed by atoms with Gasteiger partial charge in [-0.3, -0.25) is 4.79 Å². The summed E-state index contributed by atoms with van der Waals surface area (Å²) in [5.74, 6) is 0.776. The van der Waals surface area contributed by atoms with Crippen LogP contribution in [0.3, 0.4) is 0 Å². The van der Waals surface area contributed by atoms with Gasteiger partial charge in [-0.25, -0.2) is 4.98 Å². The maximum Gasteiger partial charge on any atom is 0.211 e. The monoisotopic (exact) mass is 253 g/mol. The van der Waals surface area contributed by atoms with Crippen molar-refractivity contribution in [2.24, 2.45) is 0 Å². The lowest BCUT2D eigenvalue weighted by atomic mass is 10.1. The van der Waals surface area contributed by atoms with E-state index in [0.717, 1.165) is 24.3 Å². The fraction of sp³-hybridized carbons (Fsp3) is 0.250. The molecule has 1 aliphatic carbocycles. The van der Waals surface area contributed by atoms with Gasteiger partial charge in [-0.1, -0.05) is 6.07 Å². The number of aryl methyl sites for hydroxylation is 1. The standard InChI is InChI=1S/C16H15NO2/c1-11-3-2-4-15(17-11)16(18)12-5-7-13(8-6-12)19-14-9-10-14/h2-8,14H,9-10H2,1H3. The average Bonchev–Trinajstić information content (AvgIpc) is 3.23. The van der Waals surface area contributed by atoms with Crippen LogP contribution >= 0.6 is 0 Å². The van der Waals surface area contributed by atoms with E-state index in [1.165, 1.54) is 0 Å². The zero-order valence-corrected chi connectivity index (χ0v) is 10.8. The minimum absolute atomic E-state index is 0.0540. The second-order valence-electron chi connectivity index (χ2n) is 4.83. The van der Waals surface area contributed by atoms with Gasteiger partial charge >= 0.3 is 0 Å². The highest BCUT2D eigenvalue weighted by Gasteiger charge is 2.23. The lowest BCUT2D eigenvalue weighted by Gasteiger charge is -2.05. The Morgan fingerprint density at radius 1 is 1.16 bits per heavy atom. The third-order valence-corrected chi connectivity index (χ3v) is 3.06. The van der Waals surface area contributed by atoms with E-state index in [1.54, 1.807) is 18.2 Å². The Labute approximate surface area is 112 Å². The molecule has 1 fully saturated rings. The van der Waals surface area contributed by atoms with Crippen molar-refractivity contribution in [1.82, 2.24) is 4.98 Å². The summed E-state index contributed by atoms with van der Waals surface area (Å²) < 4.78 is 5.66. The van der Waals surface area contributed by atoms with Gasteiger partial charge in [0, 0.05) is 11.3 Å². The van der Waals surface area contributed by atoms with Gasteiger partial charge in [0.25, 0.3) is 0 Å². The van der Waals surface area contributed by atoms with Gasteiger partial charge in [-0.15, -0.1) is 0 Å². The van der Waals surface area contributed by atoms with E-state index >= 15 is 0 Å². The van der Waals surface area contributed by atoms with Gasteiger partial charge in [0.1, 0.15) is 11.4 Å². The lowest BCUT2D eigenvalue weighted by molar-refractivity contribution is 0.103. The molecule has 3 rings (SSSR count). The summed E-state index contributed by atoms with van der Waals surface area (Å²) in [4.78, 5) is 16.5. The Morgan fingerprint density at radius 2 is 1.89 bits per heavy atom. The first kappa shape index (κ1) is 11.9. The summed E-state index contributed by atoms with van der Waals surface area (Å²) >= 11 is 0. The first-order valence-electron chi connectivity index (χ1n) is 6.47. The molecule has 1 aliphatic rings. The number of aromatic nitrogens is 1. The van der Waals surface area contributed by atoms with E-state index in [2.05, 4.69) is 4.98 Å². The molecule has 3 nitrogen and oxygen atoms in total. The van der Waals surface area contributed by atoms with E-state index < -0.39 is 0 Å². The third kappa shape index (κ3) is 2.81. The molecular formula is C16H15NO2. The largest absolute Gasteiger partial charge is 0.490 e. The van der Waals surface area contributed by atoms with Crippen molar-refractivity contribution in [2.75, 3.05) is 0 Å². The number of ether oxygens (including phenoxy) is 1. The molecule has 1 aromatic heterocycles. The molecule has 0 unspecified atom stereocenters. The summed E-state index contributed by atoms with van der Waals surface area (Å²) in [6.07, 6.45) is 2.64. The lowest BCUT2D eigenvalue weighted by Crippen LogP contribution is -2.05. The molecule has 96 valence electrons. The van der Waals surface area contributed by atoms with E-state index in [0.29, 0.717) is 17.4 Å². The molecule has 0 bridgehead atoms. The molecule has 19 heavy (non-hydrogen) atoms. The molecule has 0 radical (unpaired) electrons. The van der Waals surface area contributed by atoms with Crippen LogP contribution in [0.5, 0.6) is 5.75 Å². The van der Waals surface area contributed by atoms with E-state index in [1.807, 2.05) is 31.2 Å². The fourth-order valence-corrected chi connectivity index (χ4v) is 1.88. The molecule has 1 saturated carbocycles. The second kappa shape index (κ2) is 4.84. The van der Waals surface area contributed by atoms with Crippen molar-refractivity contribution in [1.29, 1.82) is 0 Å². The van der Waals surface area contributed by atoms with Crippen LogP contribution in [-0.2, 0) is 0 Å². The maximum atomic E-state index is 12.2. The highest BCUT2D eigenvalue weighted by Crippen LogP contribution is 2.26. The Hall–Kier alpha value is -2.16. The number of nitrogens with zero attached hydrogens (tertiary/aromatic N) is 1. The van der Waals surface area contributed by atoms with Gasteiger partial charge in [-0.05, 0) is 56.2 Å². The Bertz CT molecular complexity index is 600. The SMILES string of the molecule is Cc1cccc(C(=O)c2ccc(OC3CC3)cc2)n1. The van der Waals surface area contributed by atoms with E-state index in [9.17, 15) is 4.79 Å². The van der Waals surface area contributed by atoms with Crippen molar-refractivity contribution >= 4 is 5.78 Å². The fourth-order valence-electron chi connectivity index (χ4n) is 1.88. The van der Waals surface area contributed by atoms with Crippen molar-refractivity contribution in [3.63, 3.8) is 0 Å². The Morgan fingerprint density at radius 3 is 2.53 bits per heavy atom. The summed E-state index contributed by atoms with van der Waals surface area (Å²) in [6, 6.07) is 12.8. The van der Waals surface area contributed by atoms with E-state index in [-0.39, 0.29) is 5.78 Å². The normalized spacial score (nSPS) is 14.2. The Balaban J connectivity index is 1.79. The first-order chi connectivity index (χ1) is 9.22. The smallest absolute Gasteiger partial charge is 0.211 e. The minimum Gasteiger partial charge on any atom is -0.490 e. The summed E-state index contributed by atoms with van der Waals surface area (Å²) in [6.45, 7) is 1.88. The predicted molar refractivity (Wildman–Crippen MR) is 72.5 cm³/mol. The van der Waals surface area contributed by atoms with Gasteiger partial charge in [0.15, 0.2) is 0 Å². The number of benzene rings is 1. The number of hydrogen-bond acceptors (Lipinski definition) is 3. The predicted octanol–water partition coefficient (Wildman–Crippen LogP) is 3.16. The van der Waals surface area contributed by atoms with Crippen molar-refractivity contribution in [3.05, 3.63) is 59.4 Å². The number of hydrogen-bond donors (Lipinski definition) is 0. The highest BCUT2D eigenvalue weighted by molar-refractivity contribution is 6.07. The van der Waals surface area contributed by atoms with Gasteiger partial charge in [-0.2, -0.15) is 0 Å². The molecule has 2 aromatic rings. The molecular weight excluding hydrogens is 238 g/mol. The minimum atomic E-state index is -0.0540. The van der Waals surface area contributed by atoms with Crippen LogP contribution < -0.4 is 4.74 Å². The zero-order valence-electron chi connectivity index (χ0n) is 10.8. The summed E-state index contributed by atoms with van der Waals surface area (Å²) in [5.41, 5.74) is 1.97. The van der Waals surface area contributed by atoms with E-state index in [4.69, 9.17) is 4.74 Å². The van der Waals surface area contributed by atoms with Gasteiger partial charge in [0.2, 0.25) is 5.78 Å². The highest BCUT2D eigenvalue weighted by atomic mass is 16.5. The molecule has 0 amide bonds. The number of carbonyl (C=O) groups excluding carboxylic acids is 1. The third-order valence-electron chi connectivity index (χ3n) is 3.06. The quantitative estimate of drug-likeness (QED) is 0.786. The van der Waals surface area contributed by atoms with Gasteiger partial charge in [0.05, 0.1) is 6.10 Å². The number of rotatable bonds is 4. The van der Waals surface area contributed by atoms with Crippen LogP contribution in [0.2, 0.25) is 0 Å². The Kier molecular flexibility index (Phi) is 3.03. The molecule has 0 aliphatic heterocycles. The van der Waals surface area contributed by atoms with Crippen molar-refractivity contribution in [3.8, 4) is 5.75 Å². The topological polar surface area (TPSA) is 39.2 Å². The first-order valence-corrected chi connectivity index (χ1v) is 6.47. The summed E-state index contributed by atoms with van der Waals surface area (Å²) in [7, 11) is 0. The van der Waals surface area contributed by atoms with Crippen LogP contribution in [-0.4, -0.2) is 16.9 Å². The number of ketones is 1. The van der Waals surface area contributed by atoms with Crippen LogP contribution in [0.1, 0.15) is 34.6 Å². The molecule has 0 saturated heterocycles. The zero-order chi connectivity index (χ0) is 13.2.